The first kappa shape index (κ1) is 17.5. The highest BCUT2D eigenvalue weighted by Crippen LogP contribution is 2.11. The molecule has 1 saturated heterocycles. The first-order chi connectivity index (χ1) is 11.0. The second kappa shape index (κ2) is 8.11. The van der Waals surface area contributed by atoms with Crippen LogP contribution in [0.5, 0.6) is 0 Å². The number of hydrogen-bond donors (Lipinski definition) is 0. The lowest BCUT2D eigenvalue weighted by Crippen LogP contribution is -2.51. The highest BCUT2D eigenvalue weighted by molar-refractivity contribution is 5.94. The Bertz CT molecular complexity index is 547. The van der Waals surface area contributed by atoms with Crippen molar-refractivity contribution < 1.29 is 9.59 Å². The maximum Gasteiger partial charge on any atom is 0.253 e. The first-order valence-corrected chi connectivity index (χ1v) is 8.41. The molecule has 1 aromatic carbocycles. The Morgan fingerprint density at radius 3 is 2.30 bits per heavy atom. The Balaban J connectivity index is 1.86. The summed E-state index contributed by atoms with van der Waals surface area (Å²) in [5, 5.41) is 0. The summed E-state index contributed by atoms with van der Waals surface area (Å²) in [5.41, 5.74) is 1.84. The van der Waals surface area contributed by atoms with Gasteiger partial charge in [-0.2, -0.15) is 0 Å². The number of amides is 2. The molecule has 1 fully saturated rings. The average molecular weight is 317 g/mol. The molecule has 0 spiro atoms. The SMILES string of the molecule is CCN(CC)C(=O)CN1CCN(C(=O)c2cccc(C)c2)CC1. The molecule has 5 heteroatoms. The molecular formula is C18H27N3O2. The predicted octanol–water partition coefficient (Wildman–Crippen LogP) is 1.62. The largest absolute Gasteiger partial charge is 0.342 e. The average Bonchev–Trinajstić information content (AvgIpc) is 2.56. The molecule has 0 aliphatic carbocycles. The lowest BCUT2D eigenvalue weighted by Gasteiger charge is -2.35. The summed E-state index contributed by atoms with van der Waals surface area (Å²) in [6, 6.07) is 7.71. The topological polar surface area (TPSA) is 43.9 Å². The van der Waals surface area contributed by atoms with E-state index in [4.69, 9.17) is 0 Å². The molecule has 1 aliphatic heterocycles. The summed E-state index contributed by atoms with van der Waals surface area (Å²) in [5.74, 6) is 0.261. The Kier molecular flexibility index (Phi) is 6.16. The zero-order chi connectivity index (χ0) is 16.8. The summed E-state index contributed by atoms with van der Waals surface area (Å²) >= 11 is 0. The van der Waals surface area contributed by atoms with Crippen LogP contribution >= 0.6 is 0 Å². The van der Waals surface area contributed by atoms with Gasteiger partial charge < -0.3 is 9.80 Å². The van der Waals surface area contributed by atoms with Crippen molar-refractivity contribution in [1.29, 1.82) is 0 Å². The Morgan fingerprint density at radius 2 is 1.74 bits per heavy atom. The van der Waals surface area contributed by atoms with Gasteiger partial charge in [0.25, 0.3) is 5.91 Å². The van der Waals surface area contributed by atoms with Gasteiger partial charge in [-0.25, -0.2) is 0 Å². The van der Waals surface area contributed by atoms with Crippen LogP contribution in [0.4, 0.5) is 0 Å². The summed E-state index contributed by atoms with van der Waals surface area (Å²) in [6.07, 6.45) is 0. The van der Waals surface area contributed by atoms with Crippen molar-refractivity contribution in [3.05, 3.63) is 35.4 Å². The van der Waals surface area contributed by atoms with Crippen molar-refractivity contribution in [2.24, 2.45) is 0 Å². The van der Waals surface area contributed by atoms with Gasteiger partial charge in [0.15, 0.2) is 0 Å². The van der Waals surface area contributed by atoms with Gasteiger partial charge in [0.1, 0.15) is 0 Å². The quantitative estimate of drug-likeness (QED) is 0.829. The lowest BCUT2D eigenvalue weighted by atomic mass is 10.1. The van der Waals surface area contributed by atoms with E-state index < -0.39 is 0 Å². The zero-order valence-electron chi connectivity index (χ0n) is 14.4. The van der Waals surface area contributed by atoms with E-state index in [0.29, 0.717) is 19.6 Å². The fourth-order valence-corrected chi connectivity index (χ4v) is 2.94. The predicted molar refractivity (Wildman–Crippen MR) is 91.5 cm³/mol. The van der Waals surface area contributed by atoms with Crippen molar-refractivity contribution in [1.82, 2.24) is 14.7 Å². The summed E-state index contributed by atoms with van der Waals surface area (Å²) in [6.45, 7) is 10.8. The van der Waals surface area contributed by atoms with Gasteiger partial charge in [-0.15, -0.1) is 0 Å². The number of benzene rings is 1. The molecule has 0 unspecified atom stereocenters. The molecule has 1 aromatic rings. The van der Waals surface area contributed by atoms with Crippen LogP contribution in [0.3, 0.4) is 0 Å². The van der Waals surface area contributed by atoms with Crippen molar-refractivity contribution in [3.8, 4) is 0 Å². The monoisotopic (exact) mass is 317 g/mol. The van der Waals surface area contributed by atoms with Crippen molar-refractivity contribution >= 4 is 11.8 Å². The summed E-state index contributed by atoms with van der Waals surface area (Å²) < 4.78 is 0. The van der Waals surface area contributed by atoms with E-state index in [1.165, 1.54) is 0 Å². The molecule has 2 rings (SSSR count). The summed E-state index contributed by atoms with van der Waals surface area (Å²) in [4.78, 5) is 30.5. The fourth-order valence-electron chi connectivity index (χ4n) is 2.94. The molecule has 0 aromatic heterocycles. The number of piperazine rings is 1. The van der Waals surface area contributed by atoms with Crippen molar-refractivity contribution in [2.75, 3.05) is 45.8 Å². The van der Waals surface area contributed by atoms with E-state index >= 15 is 0 Å². The van der Waals surface area contributed by atoms with Crippen LogP contribution in [-0.4, -0.2) is 72.3 Å². The first-order valence-electron chi connectivity index (χ1n) is 8.41. The maximum absolute atomic E-state index is 12.5. The number of carbonyl (C=O) groups excluding carboxylic acids is 2. The molecule has 0 N–H and O–H groups in total. The highest BCUT2D eigenvalue weighted by atomic mass is 16.2. The van der Waals surface area contributed by atoms with Crippen LogP contribution in [0, 0.1) is 6.92 Å². The number of rotatable bonds is 5. The molecule has 1 aliphatic rings. The maximum atomic E-state index is 12.5. The molecule has 0 bridgehead atoms. The molecular weight excluding hydrogens is 290 g/mol. The van der Waals surface area contributed by atoms with Crippen LogP contribution in [-0.2, 0) is 4.79 Å². The van der Waals surface area contributed by atoms with Crippen LogP contribution in [0.15, 0.2) is 24.3 Å². The third-order valence-corrected chi connectivity index (χ3v) is 4.40. The second-order valence-electron chi connectivity index (χ2n) is 6.00. The molecule has 0 saturated carbocycles. The number of likely N-dealkylation sites (N-methyl/N-ethyl adjacent to an activating group) is 1. The number of hydrogen-bond acceptors (Lipinski definition) is 3. The minimum absolute atomic E-state index is 0.0865. The molecule has 0 atom stereocenters. The minimum Gasteiger partial charge on any atom is -0.342 e. The van der Waals surface area contributed by atoms with E-state index in [1.54, 1.807) is 0 Å². The lowest BCUT2D eigenvalue weighted by molar-refractivity contribution is -0.132. The molecule has 5 nitrogen and oxygen atoms in total. The van der Waals surface area contributed by atoms with Crippen molar-refractivity contribution in [2.45, 2.75) is 20.8 Å². The summed E-state index contributed by atoms with van der Waals surface area (Å²) in [7, 11) is 0. The van der Waals surface area contributed by atoms with E-state index in [2.05, 4.69) is 4.90 Å². The number of carbonyl (C=O) groups is 2. The third kappa shape index (κ3) is 4.55. The van der Waals surface area contributed by atoms with E-state index in [0.717, 1.165) is 37.3 Å². The zero-order valence-corrected chi connectivity index (χ0v) is 14.4. The van der Waals surface area contributed by atoms with Gasteiger partial charge in [-0.1, -0.05) is 17.7 Å². The normalized spacial score (nSPS) is 15.5. The van der Waals surface area contributed by atoms with Crippen LogP contribution in [0.1, 0.15) is 29.8 Å². The third-order valence-electron chi connectivity index (χ3n) is 4.40. The smallest absolute Gasteiger partial charge is 0.253 e. The van der Waals surface area contributed by atoms with Gasteiger partial charge in [-0.3, -0.25) is 14.5 Å². The Labute approximate surface area is 138 Å². The molecule has 126 valence electrons. The van der Waals surface area contributed by atoms with Gasteiger partial charge in [0.05, 0.1) is 6.54 Å². The van der Waals surface area contributed by atoms with Crippen LogP contribution < -0.4 is 0 Å². The van der Waals surface area contributed by atoms with E-state index in [-0.39, 0.29) is 11.8 Å². The molecule has 1 heterocycles. The van der Waals surface area contributed by atoms with Crippen molar-refractivity contribution in [3.63, 3.8) is 0 Å². The number of nitrogens with zero attached hydrogens (tertiary/aromatic N) is 3. The molecule has 2 amide bonds. The standard InChI is InChI=1S/C18H27N3O2/c1-4-20(5-2)17(22)14-19-9-11-21(12-10-19)18(23)16-8-6-7-15(3)13-16/h6-8,13H,4-5,9-12,14H2,1-3H3. The fraction of sp³-hybridized carbons (Fsp3) is 0.556. The molecule has 0 radical (unpaired) electrons. The van der Waals surface area contributed by atoms with E-state index in [1.807, 2.05) is 54.8 Å². The van der Waals surface area contributed by atoms with E-state index in [9.17, 15) is 9.59 Å². The highest BCUT2D eigenvalue weighted by Gasteiger charge is 2.24. The molecule has 23 heavy (non-hydrogen) atoms. The van der Waals surface area contributed by atoms with Gasteiger partial charge in [0.2, 0.25) is 5.91 Å². The Morgan fingerprint density at radius 1 is 1.09 bits per heavy atom. The Hall–Kier alpha value is -1.88. The second-order valence-corrected chi connectivity index (χ2v) is 6.00. The van der Waals surface area contributed by atoms with Crippen LogP contribution in [0.2, 0.25) is 0 Å². The van der Waals surface area contributed by atoms with Gasteiger partial charge in [0, 0.05) is 44.8 Å². The van der Waals surface area contributed by atoms with Crippen LogP contribution in [0.25, 0.3) is 0 Å². The van der Waals surface area contributed by atoms with Gasteiger partial charge in [-0.05, 0) is 32.9 Å². The van der Waals surface area contributed by atoms with Gasteiger partial charge >= 0.3 is 0 Å². The minimum atomic E-state index is 0.0865. The number of aryl methyl sites for hydroxylation is 1.